The molecule has 0 aromatic rings. The average Bonchev–Trinajstić information content (AvgIpc) is 2.09. The second kappa shape index (κ2) is 4.44. The Kier molecular flexibility index (Phi) is 3.51. The smallest absolute Gasteiger partial charge is 0.136 e. The van der Waals surface area contributed by atoms with Gasteiger partial charge >= 0.3 is 0 Å². The quantitative estimate of drug-likeness (QED) is 0.589. The van der Waals surface area contributed by atoms with Gasteiger partial charge in [-0.2, -0.15) is 0 Å². The van der Waals surface area contributed by atoms with Gasteiger partial charge in [0, 0.05) is 12.3 Å². The van der Waals surface area contributed by atoms with E-state index in [0.717, 1.165) is 25.7 Å². The van der Waals surface area contributed by atoms with E-state index in [1.807, 2.05) is 6.08 Å². The Morgan fingerprint density at radius 3 is 2.83 bits per heavy atom. The van der Waals surface area contributed by atoms with Gasteiger partial charge in [0.15, 0.2) is 0 Å². The van der Waals surface area contributed by atoms with Crippen molar-refractivity contribution < 1.29 is 4.79 Å². The molecule has 1 aliphatic rings. The van der Waals surface area contributed by atoms with Crippen molar-refractivity contribution in [2.75, 3.05) is 0 Å². The van der Waals surface area contributed by atoms with E-state index >= 15 is 0 Å². The molecule has 0 unspecified atom stereocenters. The fourth-order valence-corrected chi connectivity index (χ4v) is 1.96. The van der Waals surface area contributed by atoms with Crippen molar-refractivity contribution in [1.82, 2.24) is 0 Å². The van der Waals surface area contributed by atoms with E-state index in [0.29, 0.717) is 17.6 Å². The lowest BCUT2D eigenvalue weighted by molar-refractivity contribution is -0.125. The van der Waals surface area contributed by atoms with E-state index in [-0.39, 0.29) is 0 Å². The molecule has 2 atom stereocenters. The van der Waals surface area contributed by atoms with Crippen LogP contribution in [0.5, 0.6) is 0 Å². The molecule has 0 aliphatic heterocycles. The summed E-state index contributed by atoms with van der Waals surface area (Å²) in [7, 11) is 0. The summed E-state index contributed by atoms with van der Waals surface area (Å²) in [4.78, 5) is 11.5. The number of Topliss-reactive ketones (excluding diaryl/α,β-unsaturated/α-hetero) is 1. The van der Waals surface area contributed by atoms with Gasteiger partial charge in [-0.15, -0.1) is 6.58 Å². The van der Waals surface area contributed by atoms with Crippen molar-refractivity contribution >= 4 is 5.78 Å². The summed E-state index contributed by atoms with van der Waals surface area (Å²) in [6.45, 7) is 5.88. The van der Waals surface area contributed by atoms with Gasteiger partial charge in [-0.25, -0.2) is 0 Å². The third-order valence-electron chi connectivity index (χ3n) is 2.78. The molecule has 0 amide bonds. The Balaban J connectivity index is 2.42. The lowest BCUT2D eigenvalue weighted by Crippen LogP contribution is -2.23. The lowest BCUT2D eigenvalue weighted by Gasteiger charge is -2.24. The maximum atomic E-state index is 11.5. The minimum atomic E-state index is 0.367. The van der Waals surface area contributed by atoms with Crippen molar-refractivity contribution in [3.05, 3.63) is 12.7 Å². The zero-order chi connectivity index (χ0) is 8.97. The fourth-order valence-electron chi connectivity index (χ4n) is 1.96. The van der Waals surface area contributed by atoms with Gasteiger partial charge in [0.2, 0.25) is 0 Å². The highest BCUT2D eigenvalue weighted by molar-refractivity contribution is 5.82. The number of allylic oxidation sites excluding steroid dienone is 1. The van der Waals surface area contributed by atoms with Crippen molar-refractivity contribution in [2.24, 2.45) is 11.8 Å². The van der Waals surface area contributed by atoms with Crippen LogP contribution in [0, 0.1) is 11.8 Å². The molecule has 0 radical (unpaired) electrons. The molecular formula is C11H18O. The van der Waals surface area contributed by atoms with E-state index in [2.05, 4.69) is 13.5 Å². The minimum Gasteiger partial charge on any atom is -0.299 e. The van der Waals surface area contributed by atoms with Gasteiger partial charge in [-0.1, -0.05) is 19.4 Å². The van der Waals surface area contributed by atoms with E-state index < -0.39 is 0 Å². The molecule has 1 nitrogen and oxygen atoms in total. The van der Waals surface area contributed by atoms with E-state index in [9.17, 15) is 4.79 Å². The molecule has 0 saturated heterocycles. The van der Waals surface area contributed by atoms with Crippen molar-refractivity contribution in [2.45, 2.75) is 39.0 Å². The van der Waals surface area contributed by atoms with Gasteiger partial charge in [-0.05, 0) is 25.2 Å². The van der Waals surface area contributed by atoms with Crippen LogP contribution in [-0.2, 0) is 4.79 Å². The predicted octanol–water partition coefficient (Wildman–Crippen LogP) is 2.96. The first-order valence-electron chi connectivity index (χ1n) is 4.93. The third-order valence-corrected chi connectivity index (χ3v) is 2.78. The van der Waals surface area contributed by atoms with Crippen LogP contribution in [0.15, 0.2) is 12.7 Å². The highest BCUT2D eigenvalue weighted by atomic mass is 16.1. The van der Waals surface area contributed by atoms with Crippen LogP contribution < -0.4 is 0 Å². The molecule has 1 saturated carbocycles. The molecule has 1 fully saturated rings. The highest BCUT2D eigenvalue weighted by Crippen LogP contribution is 2.29. The Labute approximate surface area is 74.9 Å². The van der Waals surface area contributed by atoms with Gasteiger partial charge in [0.25, 0.3) is 0 Å². The molecule has 1 rings (SSSR count). The molecule has 68 valence electrons. The van der Waals surface area contributed by atoms with Crippen molar-refractivity contribution in [3.8, 4) is 0 Å². The second-order valence-corrected chi connectivity index (χ2v) is 3.73. The van der Waals surface area contributed by atoms with E-state index in [4.69, 9.17) is 0 Å². The Morgan fingerprint density at radius 2 is 2.33 bits per heavy atom. The third kappa shape index (κ3) is 2.20. The number of hydrogen-bond donors (Lipinski definition) is 0. The fraction of sp³-hybridized carbons (Fsp3) is 0.727. The SMILES string of the molecule is C=C[C@@H]1CC[C@@H](CCC)C(=O)C1. The summed E-state index contributed by atoms with van der Waals surface area (Å²) in [5.41, 5.74) is 0. The number of rotatable bonds is 3. The maximum Gasteiger partial charge on any atom is 0.136 e. The first-order chi connectivity index (χ1) is 5.77. The number of carbonyl (C=O) groups is 1. The van der Waals surface area contributed by atoms with E-state index in [1.165, 1.54) is 6.42 Å². The Morgan fingerprint density at radius 1 is 1.58 bits per heavy atom. The maximum absolute atomic E-state index is 11.5. The van der Waals surface area contributed by atoms with Crippen LogP contribution in [0.4, 0.5) is 0 Å². The summed E-state index contributed by atoms with van der Waals surface area (Å²) in [5, 5.41) is 0. The summed E-state index contributed by atoms with van der Waals surface area (Å²) in [6, 6.07) is 0. The number of carbonyl (C=O) groups excluding carboxylic acids is 1. The summed E-state index contributed by atoms with van der Waals surface area (Å²) < 4.78 is 0. The van der Waals surface area contributed by atoms with Crippen LogP contribution >= 0.6 is 0 Å². The Bertz CT molecular complexity index is 172. The van der Waals surface area contributed by atoms with Crippen LogP contribution in [0.1, 0.15) is 39.0 Å². The largest absolute Gasteiger partial charge is 0.299 e. The molecule has 0 heterocycles. The topological polar surface area (TPSA) is 17.1 Å². The number of hydrogen-bond acceptors (Lipinski definition) is 1. The normalized spacial score (nSPS) is 30.2. The number of ketones is 1. The second-order valence-electron chi connectivity index (χ2n) is 3.73. The van der Waals surface area contributed by atoms with Gasteiger partial charge in [0.05, 0.1) is 0 Å². The van der Waals surface area contributed by atoms with E-state index in [1.54, 1.807) is 0 Å². The predicted molar refractivity (Wildman–Crippen MR) is 50.9 cm³/mol. The molecule has 1 aliphatic carbocycles. The minimum absolute atomic E-state index is 0.367. The molecule has 0 N–H and O–H groups in total. The molecule has 0 aromatic heterocycles. The van der Waals surface area contributed by atoms with Gasteiger partial charge < -0.3 is 0 Å². The van der Waals surface area contributed by atoms with Gasteiger partial charge in [-0.3, -0.25) is 4.79 Å². The first-order valence-corrected chi connectivity index (χ1v) is 4.93. The molecule has 1 heteroatoms. The summed E-state index contributed by atoms with van der Waals surface area (Å²) >= 11 is 0. The molecule has 0 aromatic carbocycles. The summed E-state index contributed by atoms with van der Waals surface area (Å²) in [5.74, 6) is 1.30. The van der Waals surface area contributed by atoms with Crippen molar-refractivity contribution in [1.29, 1.82) is 0 Å². The van der Waals surface area contributed by atoms with Crippen LogP contribution in [0.2, 0.25) is 0 Å². The molecule has 0 bridgehead atoms. The average molecular weight is 166 g/mol. The monoisotopic (exact) mass is 166 g/mol. The lowest BCUT2D eigenvalue weighted by atomic mass is 9.79. The van der Waals surface area contributed by atoms with Crippen molar-refractivity contribution in [3.63, 3.8) is 0 Å². The Hall–Kier alpha value is -0.590. The first kappa shape index (κ1) is 9.50. The van der Waals surface area contributed by atoms with Crippen LogP contribution in [0.25, 0.3) is 0 Å². The zero-order valence-corrected chi connectivity index (χ0v) is 7.88. The highest BCUT2D eigenvalue weighted by Gasteiger charge is 2.25. The molecule has 0 spiro atoms. The van der Waals surface area contributed by atoms with Gasteiger partial charge in [0.1, 0.15) is 5.78 Å². The molecular weight excluding hydrogens is 148 g/mol. The summed E-state index contributed by atoms with van der Waals surface area (Å²) in [6.07, 6.45) is 7.15. The zero-order valence-electron chi connectivity index (χ0n) is 7.88. The van der Waals surface area contributed by atoms with Crippen LogP contribution in [0.3, 0.4) is 0 Å². The van der Waals surface area contributed by atoms with Crippen LogP contribution in [-0.4, -0.2) is 5.78 Å². The standard InChI is InChI=1S/C11H18O/c1-3-5-10-7-6-9(4-2)8-11(10)12/h4,9-10H,2-3,5-8H2,1H3/t9-,10-/m1/s1. The molecule has 12 heavy (non-hydrogen) atoms.